The molecule has 1 aromatic heterocycles. The highest BCUT2D eigenvalue weighted by atomic mass is 16.4. The average molecular weight is 217 g/mol. The van der Waals surface area contributed by atoms with E-state index >= 15 is 0 Å². The molecule has 2 heterocycles. The Kier molecular flexibility index (Phi) is 2.73. The largest absolute Gasteiger partial charge is 0.476 e. The number of aromatic carboxylic acids is 1. The molecule has 0 saturated carbocycles. The summed E-state index contributed by atoms with van der Waals surface area (Å²) < 4.78 is 0. The van der Waals surface area contributed by atoms with Crippen LogP contribution >= 0.6 is 0 Å². The van der Waals surface area contributed by atoms with Gasteiger partial charge in [-0.15, -0.1) is 6.42 Å². The quantitative estimate of drug-likeness (QED) is 0.741. The van der Waals surface area contributed by atoms with Crippen LogP contribution < -0.4 is 4.90 Å². The Morgan fingerprint density at radius 2 is 2.31 bits per heavy atom. The number of nitrogens with zero attached hydrogens (tertiary/aromatic N) is 3. The third-order valence-corrected chi connectivity index (χ3v) is 2.60. The Balaban J connectivity index is 2.40. The highest BCUT2D eigenvalue weighted by Gasteiger charge is 2.28. The summed E-state index contributed by atoms with van der Waals surface area (Å²) in [7, 11) is 0. The number of terminal acetylenes is 1. The van der Waals surface area contributed by atoms with E-state index in [-0.39, 0.29) is 11.7 Å². The molecule has 1 aliphatic heterocycles. The van der Waals surface area contributed by atoms with Gasteiger partial charge in [-0.25, -0.2) is 14.8 Å². The van der Waals surface area contributed by atoms with Crippen molar-refractivity contribution in [2.24, 2.45) is 0 Å². The zero-order chi connectivity index (χ0) is 11.5. The predicted octanol–water partition coefficient (Wildman–Crippen LogP) is 0.777. The van der Waals surface area contributed by atoms with Crippen molar-refractivity contribution in [3.8, 4) is 12.3 Å². The summed E-state index contributed by atoms with van der Waals surface area (Å²) in [5.41, 5.74) is -0.0374. The Bertz CT molecular complexity index is 453. The maximum atomic E-state index is 11.0. The maximum absolute atomic E-state index is 11.0. The first-order chi connectivity index (χ1) is 7.74. The molecule has 5 nitrogen and oxygen atoms in total. The number of carboxylic acids is 1. The molecule has 5 heteroatoms. The van der Waals surface area contributed by atoms with Crippen LogP contribution in [0.25, 0.3) is 0 Å². The van der Waals surface area contributed by atoms with Crippen molar-refractivity contribution in [3.63, 3.8) is 0 Å². The molecule has 1 aliphatic rings. The van der Waals surface area contributed by atoms with Gasteiger partial charge in [-0.2, -0.15) is 0 Å². The Hall–Kier alpha value is -2.09. The molecule has 1 aromatic rings. The Labute approximate surface area is 93.1 Å². The van der Waals surface area contributed by atoms with E-state index in [0.29, 0.717) is 5.82 Å². The van der Waals surface area contributed by atoms with Crippen LogP contribution in [0.2, 0.25) is 0 Å². The number of aromatic nitrogens is 2. The van der Waals surface area contributed by atoms with Gasteiger partial charge >= 0.3 is 5.97 Å². The molecular formula is C11H11N3O2. The fourth-order valence-corrected chi connectivity index (χ4v) is 1.89. The van der Waals surface area contributed by atoms with E-state index in [1.807, 2.05) is 4.90 Å². The molecule has 0 radical (unpaired) electrons. The summed E-state index contributed by atoms with van der Waals surface area (Å²) in [4.78, 5) is 20.7. The molecule has 1 atom stereocenters. The number of carbonyl (C=O) groups is 1. The van der Waals surface area contributed by atoms with Crippen LogP contribution in [0.3, 0.4) is 0 Å². The molecule has 0 amide bonds. The normalized spacial score (nSPS) is 19.4. The van der Waals surface area contributed by atoms with Crippen LogP contribution in [0.5, 0.6) is 0 Å². The second kappa shape index (κ2) is 4.19. The van der Waals surface area contributed by atoms with Gasteiger partial charge in [0.25, 0.3) is 0 Å². The molecule has 0 bridgehead atoms. The third-order valence-electron chi connectivity index (χ3n) is 2.60. The van der Waals surface area contributed by atoms with E-state index in [1.54, 1.807) is 0 Å². The lowest BCUT2D eigenvalue weighted by Crippen LogP contribution is -2.30. The van der Waals surface area contributed by atoms with Gasteiger partial charge < -0.3 is 10.0 Å². The first-order valence-electron chi connectivity index (χ1n) is 5.01. The second-order valence-electron chi connectivity index (χ2n) is 3.55. The van der Waals surface area contributed by atoms with Crippen LogP contribution in [0.4, 0.5) is 5.82 Å². The van der Waals surface area contributed by atoms with Gasteiger partial charge in [0.1, 0.15) is 0 Å². The smallest absolute Gasteiger partial charge is 0.358 e. The van der Waals surface area contributed by atoms with Gasteiger partial charge in [0.2, 0.25) is 0 Å². The van der Waals surface area contributed by atoms with E-state index < -0.39 is 5.97 Å². The molecule has 0 aromatic carbocycles. The first-order valence-corrected chi connectivity index (χ1v) is 5.01. The van der Waals surface area contributed by atoms with Crippen molar-refractivity contribution in [2.45, 2.75) is 18.9 Å². The molecule has 82 valence electrons. The minimum atomic E-state index is -1.08. The predicted molar refractivity (Wildman–Crippen MR) is 58.2 cm³/mol. The molecule has 0 aliphatic carbocycles. The molecule has 1 saturated heterocycles. The topological polar surface area (TPSA) is 66.3 Å². The van der Waals surface area contributed by atoms with Gasteiger partial charge in [0, 0.05) is 18.9 Å². The van der Waals surface area contributed by atoms with Gasteiger partial charge in [0.15, 0.2) is 11.5 Å². The Morgan fingerprint density at radius 1 is 1.56 bits per heavy atom. The fraction of sp³-hybridized carbons (Fsp3) is 0.364. The van der Waals surface area contributed by atoms with Crippen molar-refractivity contribution in [1.29, 1.82) is 0 Å². The first kappa shape index (κ1) is 10.4. The Morgan fingerprint density at radius 3 is 3.00 bits per heavy atom. The maximum Gasteiger partial charge on any atom is 0.358 e. The van der Waals surface area contributed by atoms with E-state index in [1.165, 1.54) is 12.4 Å². The fourth-order valence-electron chi connectivity index (χ4n) is 1.89. The van der Waals surface area contributed by atoms with Gasteiger partial charge in [0.05, 0.1) is 6.04 Å². The zero-order valence-corrected chi connectivity index (χ0v) is 8.63. The van der Waals surface area contributed by atoms with Gasteiger partial charge in [-0.1, -0.05) is 5.92 Å². The summed E-state index contributed by atoms with van der Waals surface area (Å²) in [6, 6.07) is -0.0743. The number of rotatable bonds is 2. The summed E-state index contributed by atoms with van der Waals surface area (Å²) in [6.07, 6.45) is 10.1. The van der Waals surface area contributed by atoms with Crippen molar-refractivity contribution in [2.75, 3.05) is 11.4 Å². The summed E-state index contributed by atoms with van der Waals surface area (Å²) in [6.45, 7) is 0.730. The van der Waals surface area contributed by atoms with E-state index in [2.05, 4.69) is 15.9 Å². The zero-order valence-electron chi connectivity index (χ0n) is 8.63. The van der Waals surface area contributed by atoms with Gasteiger partial charge in [-0.3, -0.25) is 0 Å². The molecule has 2 rings (SSSR count). The standard InChI is InChI=1S/C11H11N3O2/c1-2-8-4-3-7-14(8)10-9(11(15)16)12-5-6-13-10/h1,5-6,8H,3-4,7H2,(H,15,16). The molecule has 0 spiro atoms. The highest BCUT2D eigenvalue weighted by molar-refractivity contribution is 5.91. The van der Waals surface area contributed by atoms with E-state index in [9.17, 15) is 4.79 Å². The lowest BCUT2D eigenvalue weighted by molar-refractivity contribution is 0.0690. The molecule has 16 heavy (non-hydrogen) atoms. The van der Waals surface area contributed by atoms with Crippen molar-refractivity contribution < 1.29 is 9.90 Å². The van der Waals surface area contributed by atoms with Crippen LogP contribution in [0.15, 0.2) is 12.4 Å². The minimum Gasteiger partial charge on any atom is -0.476 e. The number of hydrogen-bond acceptors (Lipinski definition) is 4. The third kappa shape index (κ3) is 1.70. The van der Waals surface area contributed by atoms with E-state index in [4.69, 9.17) is 11.5 Å². The molecule has 1 fully saturated rings. The highest BCUT2D eigenvalue weighted by Crippen LogP contribution is 2.25. The summed E-state index contributed by atoms with van der Waals surface area (Å²) in [5.74, 6) is 1.94. The molecule has 1 N–H and O–H groups in total. The molecule has 1 unspecified atom stereocenters. The SMILES string of the molecule is C#CC1CCCN1c1nccnc1C(=O)O. The summed E-state index contributed by atoms with van der Waals surface area (Å²) >= 11 is 0. The second-order valence-corrected chi connectivity index (χ2v) is 3.55. The van der Waals surface area contributed by atoms with Crippen LogP contribution in [-0.2, 0) is 0 Å². The van der Waals surface area contributed by atoms with Crippen molar-refractivity contribution in [3.05, 3.63) is 18.1 Å². The van der Waals surface area contributed by atoms with E-state index in [0.717, 1.165) is 19.4 Å². The van der Waals surface area contributed by atoms with Crippen LogP contribution in [0, 0.1) is 12.3 Å². The van der Waals surface area contributed by atoms with Crippen LogP contribution in [0.1, 0.15) is 23.3 Å². The minimum absolute atomic E-state index is 0.0374. The number of hydrogen-bond donors (Lipinski definition) is 1. The lowest BCUT2D eigenvalue weighted by atomic mass is 10.2. The molecular weight excluding hydrogens is 206 g/mol. The average Bonchev–Trinajstić information content (AvgIpc) is 2.76. The van der Waals surface area contributed by atoms with Crippen molar-refractivity contribution in [1.82, 2.24) is 9.97 Å². The summed E-state index contributed by atoms with van der Waals surface area (Å²) in [5, 5.41) is 9.00. The van der Waals surface area contributed by atoms with Crippen LogP contribution in [-0.4, -0.2) is 33.6 Å². The monoisotopic (exact) mass is 217 g/mol. The van der Waals surface area contributed by atoms with Gasteiger partial charge in [-0.05, 0) is 12.8 Å². The number of anilines is 1. The lowest BCUT2D eigenvalue weighted by Gasteiger charge is -2.22. The van der Waals surface area contributed by atoms with Crippen molar-refractivity contribution >= 4 is 11.8 Å². The number of carboxylic acid groups (broad SMARTS) is 1.